The molecule has 0 fully saturated rings. The molecule has 0 radical (unpaired) electrons. The van der Waals surface area contributed by atoms with Crippen LogP contribution in [0.3, 0.4) is 0 Å². The molecule has 0 amide bonds. The fraction of sp³-hybridized carbons (Fsp3) is 0.400. The fourth-order valence-electron chi connectivity index (χ4n) is 1.33. The van der Waals surface area contributed by atoms with E-state index < -0.39 is 12.2 Å². The first-order valence-electron chi connectivity index (χ1n) is 4.45. The summed E-state index contributed by atoms with van der Waals surface area (Å²) in [6.07, 6.45) is -4.51. The highest BCUT2D eigenvalue weighted by molar-refractivity contribution is 5.48. The van der Waals surface area contributed by atoms with Crippen LogP contribution in [-0.2, 0) is 0 Å². The van der Waals surface area contributed by atoms with Gasteiger partial charge < -0.3 is 15.2 Å². The molecule has 6 heteroatoms. The number of halogens is 3. The van der Waals surface area contributed by atoms with Crippen molar-refractivity contribution in [3.05, 3.63) is 23.8 Å². The van der Waals surface area contributed by atoms with Crippen LogP contribution in [0.2, 0.25) is 0 Å². The van der Waals surface area contributed by atoms with Gasteiger partial charge in [-0.2, -0.15) is 13.2 Å². The second kappa shape index (κ2) is 4.61. The van der Waals surface area contributed by atoms with Gasteiger partial charge in [0, 0.05) is 5.56 Å². The Kier molecular flexibility index (Phi) is 3.64. The largest absolute Gasteiger partial charge is 0.493 e. The molecule has 1 unspecified atom stereocenters. The van der Waals surface area contributed by atoms with Crippen LogP contribution in [0.5, 0.6) is 11.5 Å². The molecular formula is C10H12F3NO2. The molecule has 0 aliphatic heterocycles. The highest BCUT2D eigenvalue weighted by atomic mass is 19.4. The zero-order chi connectivity index (χ0) is 12.3. The van der Waals surface area contributed by atoms with E-state index in [-0.39, 0.29) is 17.1 Å². The number of methoxy groups -OCH3 is 2. The van der Waals surface area contributed by atoms with Crippen molar-refractivity contribution in [1.82, 2.24) is 0 Å². The number of hydrogen-bond acceptors (Lipinski definition) is 3. The normalized spacial score (nSPS) is 13.4. The molecule has 1 aromatic carbocycles. The van der Waals surface area contributed by atoms with Crippen LogP contribution in [0.15, 0.2) is 18.2 Å². The number of ether oxygens (including phenoxy) is 2. The Morgan fingerprint density at radius 2 is 1.81 bits per heavy atom. The number of hydrogen-bond donors (Lipinski definition) is 1. The van der Waals surface area contributed by atoms with Crippen molar-refractivity contribution < 1.29 is 22.6 Å². The third-order valence-corrected chi connectivity index (χ3v) is 2.12. The summed E-state index contributed by atoms with van der Waals surface area (Å²) in [7, 11) is 2.62. The molecule has 0 aliphatic rings. The minimum atomic E-state index is -4.51. The van der Waals surface area contributed by atoms with Crippen LogP contribution in [-0.4, -0.2) is 20.4 Å². The van der Waals surface area contributed by atoms with E-state index in [0.717, 1.165) is 0 Å². The first-order valence-corrected chi connectivity index (χ1v) is 4.45. The summed E-state index contributed by atoms with van der Waals surface area (Å²) in [5.74, 6) is 0.231. The molecule has 0 heterocycles. The molecule has 2 N–H and O–H groups in total. The van der Waals surface area contributed by atoms with Crippen molar-refractivity contribution in [3.8, 4) is 11.5 Å². The SMILES string of the molecule is COc1cccc(C(N)C(F)(F)F)c1OC. The topological polar surface area (TPSA) is 44.5 Å². The standard InChI is InChI=1S/C10H12F3NO2/c1-15-7-5-3-4-6(8(7)16-2)9(14)10(11,12)13/h3-5,9H,14H2,1-2H3. The summed E-state index contributed by atoms with van der Waals surface area (Å²) < 4.78 is 47.2. The zero-order valence-corrected chi connectivity index (χ0v) is 8.84. The second-order valence-corrected chi connectivity index (χ2v) is 3.10. The summed E-state index contributed by atoms with van der Waals surface area (Å²) in [5, 5.41) is 0. The van der Waals surface area contributed by atoms with Gasteiger partial charge in [0.1, 0.15) is 6.04 Å². The lowest BCUT2D eigenvalue weighted by molar-refractivity contribution is -0.149. The van der Waals surface area contributed by atoms with E-state index >= 15 is 0 Å². The minimum Gasteiger partial charge on any atom is -0.493 e. The molecular weight excluding hydrogens is 223 g/mol. The number of para-hydroxylation sites is 1. The molecule has 16 heavy (non-hydrogen) atoms. The molecule has 1 aromatic rings. The Hall–Kier alpha value is -1.43. The number of alkyl halides is 3. The summed E-state index contributed by atoms with van der Waals surface area (Å²) in [5.41, 5.74) is 4.97. The maximum Gasteiger partial charge on any atom is 0.407 e. The first-order chi connectivity index (χ1) is 7.41. The van der Waals surface area contributed by atoms with Gasteiger partial charge in [-0.1, -0.05) is 12.1 Å². The van der Waals surface area contributed by atoms with Gasteiger partial charge in [0.05, 0.1) is 14.2 Å². The van der Waals surface area contributed by atoms with E-state index in [2.05, 4.69) is 0 Å². The molecule has 0 saturated carbocycles. The summed E-state index contributed by atoms with van der Waals surface area (Å²) in [6.45, 7) is 0. The first kappa shape index (κ1) is 12.6. The number of nitrogens with two attached hydrogens (primary N) is 1. The van der Waals surface area contributed by atoms with Gasteiger partial charge in [-0.25, -0.2) is 0 Å². The van der Waals surface area contributed by atoms with Crippen LogP contribution >= 0.6 is 0 Å². The quantitative estimate of drug-likeness (QED) is 0.874. The molecule has 0 aromatic heterocycles. The van der Waals surface area contributed by atoms with Crippen LogP contribution in [0, 0.1) is 0 Å². The Morgan fingerprint density at radius 1 is 1.19 bits per heavy atom. The Bertz CT molecular complexity index is 366. The van der Waals surface area contributed by atoms with Crippen LogP contribution in [0.1, 0.15) is 11.6 Å². The molecule has 0 bridgehead atoms. The van der Waals surface area contributed by atoms with Crippen LogP contribution in [0.25, 0.3) is 0 Å². The Balaban J connectivity index is 3.23. The van der Waals surface area contributed by atoms with E-state index in [1.54, 1.807) is 0 Å². The van der Waals surface area contributed by atoms with Gasteiger partial charge in [-0.15, -0.1) is 0 Å². The molecule has 0 spiro atoms. The number of rotatable bonds is 3. The van der Waals surface area contributed by atoms with Crippen molar-refractivity contribution in [2.24, 2.45) is 5.73 Å². The van der Waals surface area contributed by atoms with E-state index in [4.69, 9.17) is 15.2 Å². The lowest BCUT2D eigenvalue weighted by atomic mass is 10.1. The van der Waals surface area contributed by atoms with Crippen LogP contribution < -0.4 is 15.2 Å². The van der Waals surface area contributed by atoms with Gasteiger partial charge in [0.15, 0.2) is 11.5 Å². The van der Waals surface area contributed by atoms with Gasteiger partial charge >= 0.3 is 6.18 Å². The van der Waals surface area contributed by atoms with Gasteiger partial charge in [-0.05, 0) is 6.07 Å². The third kappa shape index (κ3) is 2.38. The van der Waals surface area contributed by atoms with E-state index in [1.807, 2.05) is 0 Å². The predicted molar refractivity (Wildman–Crippen MR) is 52.5 cm³/mol. The molecule has 90 valence electrons. The fourth-order valence-corrected chi connectivity index (χ4v) is 1.33. The summed E-state index contributed by atoms with van der Waals surface area (Å²) in [6, 6.07) is 2.12. The van der Waals surface area contributed by atoms with Crippen molar-refractivity contribution in [2.45, 2.75) is 12.2 Å². The third-order valence-electron chi connectivity index (χ3n) is 2.12. The zero-order valence-electron chi connectivity index (χ0n) is 8.84. The molecule has 1 rings (SSSR count). The number of benzene rings is 1. The minimum absolute atomic E-state index is 0.00910. The van der Waals surface area contributed by atoms with Crippen molar-refractivity contribution in [2.75, 3.05) is 14.2 Å². The second-order valence-electron chi connectivity index (χ2n) is 3.10. The maximum absolute atomic E-state index is 12.5. The average molecular weight is 235 g/mol. The van der Waals surface area contributed by atoms with E-state index in [0.29, 0.717) is 0 Å². The van der Waals surface area contributed by atoms with E-state index in [1.165, 1.54) is 32.4 Å². The molecule has 0 saturated heterocycles. The lowest BCUT2D eigenvalue weighted by Gasteiger charge is -2.19. The molecule has 1 atom stereocenters. The highest BCUT2D eigenvalue weighted by Crippen LogP contribution is 2.39. The van der Waals surface area contributed by atoms with Crippen LogP contribution in [0.4, 0.5) is 13.2 Å². The predicted octanol–water partition coefficient (Wildman–Crippen LogP) is 2.27. The smallest absolute Gasteiger partial charge is 0.407 e. The van der Waals surface area contributed by atoms with Gasteiger partial charge in [0.25, 0.3) is 0 Å². The Labute approximate surface area is 91.0 Å². The summed E-state index contributed by atoms with van der Waals surface area (Å²) in [4.78, 5) is 0. The molecule has 3 nitrogen and oxygen atoms in total. The van der Waals surface area contributed by atoms with Gasteiger partial charge in [-0.3, -0.25) is 0 Å². The Morgan fingerprint density at radius 3 is 2.25 bits per heavy atom. The van der Waals surface area contributed by atoms with Crippen molar-refractivity contribution >= 4 is 0 Å². The average Bonchev–Trinajstić information content (AvgIpc) is 2.25. The van der Waals surface area contributed by atoms with Gasteiger partial charge in [0.2, 0.25) is 0 Å². The summed E-state index contributed by atoms with van der Waals surface area (Å²) >= 11 is 0. The highest BCUT2D eigenvalue weighted by Gasteiger charge is 2.39. The van der Waals surface area contributed by atoms with E-state index in [9.17, 15) is 13.2 Å². The maximum atomic E-state index is 12.5. The van der Waals surface area contributed by atoms with Crippen molar-refractivity contribution in [1.29, 1.82) is 0 Å². The molecule has 0 aliphatic carbocycles. The monoisotopic (exact) mass is 235 g/mol. The lowest BCUT2D eigenvalue weighted by Crippen LogP contribution is -2.28. The van der Waals surface area contributed by atoms with Crippen molar-refractivity contribution in [3.63, 3.8) is 0 Å².